The van der Waals surface area contributed by atoms with E-state index in [4.69, 9.17) is 0 Å². The molecular formula is C20H20BrFN6O2. The van der Waals surface area contributed by atoms with Gasteiger partial charge in [-0.2, -0.15) is 0 Å². The molecule has 0 radical (unpaired) electrons. The van der Waals surface area contributed by atoms with Crippen LogP contribution in [-0.2, 0) is 6.54 Å². The number of rotatable bonds is 5. The summed E-state index contributed by atoms with van der Waals surface area (Å²) in [5.74, 6) is -0.511. The molecular weight excluding hydrogens is 455 g/mol. The van der Waals surface area contributed by atoms with Gasteiger partial charge in [0.25, 0.3) is 5.91 Å². The number of carbonyl (C=O) groups is 2. The molecule has 1 aliphatic rings. The number of benzene rings is 2. The van der Waals surface area contributed by atoms with E-state index in [1.165, 1.54) is 12.1 Å². The van der Waals surface area contributed by atoms with Gasteiger partial charge in [0.1, 0.15) is 11.3 Å². The van der Waals surface area contributed by atoms with Crippen molar-refractivity contribution in [2.24, 2.45) is 0 Å². The summed E-state index contributed by atoms with van der Waals surface area (Å²) < 4.78 is 16.0. The van der Waals surface area contributed by atoms with Crippen molar-refractivity contribution in [2.75, 3.05) is 25.0 Å². The topological polar surface area (TPSA) is 92.1 Å². The number of carbonyl (C=O) groups excluding carboxylic acids is 2. The smallest absolute Gasteiger partial charge is 0.319 e. The summed E-state index contributed by atoms with van der Waals surface area (Å²) in [6, 6.07) is 9.22. The van der Waals surface area contributed by atoms with Crippen molar-refractivity contribution in [3.63, 3.8) is 0 Å². The highest BCUT2D eigenvalue weighted by molar-refractivity contribution is 9.10. The van der Waals surface area contributed by atoms with E-state index in [1.807, 2.05) is 11.0 Å². The number of urea groups is 1. The van der Waals surface area contributed by atoms with Crippen molar-refractivity contribution >= 4 is 44.6 Å². The number of fused-ring (bicyclic) bond motifs is 1. The molecule has 3 amide bonds. The molecule has 8 nitrogen and oxygen atoms in total. The third kappa shape index (κ3) is 4.43. The monoisotopic (exact) mass is 474 g/mol. The van der Waals surface area contributed by atoms with E-state index in [0.29, 0.717) is 22.1 Å². The fourth-order valence-electron chi connectivity index (χ4n) is 3.41. The van der Waals surface area contributed by atoms with Crippen LogP contribution in [0.2, 0.25) is 0 Å². The summed E-state index contributed by atoms with van der Waals surface area (Å²) in [7, 11) is 0. The second-order valence-corrected chi connectivity index (χ2v) is 7.94. The molecule has 156 valence electrons. The molecule has 1 fully saturated rings. The molecule has 30 heavy (non-hydrogen) atoms. The minimum atomic E-state index is -0.527. The Morgan fingerprint density at radius 1 is 1.13 bits per heavy atom. The van der Waals surface area contributed by atoms with E-state index < -0.39 is 11.8 Å². The first kappa shape index (κ1) is 20.3. The van der Waals surface area contributed by atoms with Gasteiger partial charge in [-0.25, -0.2) is 13.9 Å². The van der Waals surface area contributed by atoms with Crippen LogP contribution in [-0.4, -0.2) is 51.5 Å². The number of hydrogen-bond acceptors (Lipinski definition) is 4. The molecule has 1 aliphatic heterocycles. The highest BCUT2D eigenvalue weighted by Gasteiger charge is 2.20. The molecule has 4 rings (SSSR count). The first-order valence-corrected chi connectivity index (χ1v) is 10.4. The van der Waals surface area contributed by atoms with Gasteiger partial charge in [-0.1, -0.05) is 21.1 Å². The Labute approximate surface area is 180 Å². The van der Waals surface area contributed by atoms with E-state index in [1.54, 1.807) is 22.9 Å². The van der Waals surface area contributed by atoms with Gasteiger partial charge in [0.05, 0.1) is 17.7 Å². The zero-order chi connectivity index (χ0) is 21.1. The summed E-state index contributed by atoms with van der Waals surface area (Å²) in [5.41, 5.74) is 2.10. The summed E-state index contributed by atoms with van der Waals surface area (Å²) >= 11 is 3.17. The molecule has 0 bridgehead atoms. The zero-order valence-electron chi connectivity index (χ0n) is 16.1. The molecule has 2 N–H and O–H groups in total. The Balaban J connectivity index is 1.35. The van der Waals surface area contributed by atoms with Crippen molar-refractivity contribution in [1.29, 1.82) is 0 Å². The minimum absolute atomic E-state index is 0.0162. The first-order valence-electron chi connectivity index (χ1n) is 9.64. The molecule has 10 heteroatoms. The van der Waals surface area contributed by atoms with E-state index in [2.05, 4.69) is 36.9 Å². The standard InChI is InChI=1S/C20H20BrFN6O2/c21-14-4-5-16(15(22)12-14)24-20(30)23-7-10-28-18-6-3-13(11-17(18)25-26-28)19(29)27-8-1-2-9-27/h3-6,11-12H,1-2,7-10H2,(H2,23,24,30). The van der Waals surface area contributed by atoms with Crippen LogP contribution in [0.1, 0.15) is 23.2 Å². The van der Waals surface area contributed by atoms with Crippen LogP contribution in [0.25, 0.3) is 11.0 Å². The average Bonchev–Trinajstić information content (AvgIpc) is 3.40. The maximum atomic E-state index is 13.8. The number of nitrogens with zero attached hydrogens (tertiary/aromatic N) is 4. The molecule has 0 atom stereocenters. The highest BCUT2D eigenvalue weighted by atomic mass is 79.9. The quantitative estimate of drug-likeness (QED) is 0.592. The van der Waals surface area contributed by atoms with Crippen LogP contribution < -0.4 is 10.6 Å². The summed E-state index contributed by atoms with van der Waals surface area (Å²) in [4.78, 5) is 26.4. The lowest BCUT2D eigenvalue weighted by Crippen LogP contribution is -2.32. The maximum absolute atomic E-state index is 13.8. The van der Waals surface area contributed by atoms with E-state index in [9.17, 15) is 14.0 Å². The van der Waals surface area contributed by atoms with Crippen molar-refractivity contribution in [2.45, 2.75) is 19.4 Å². The fraction of sp³-hybridized carbons (Fsp3) is 0.300. The average molecular weight is 475 g/mol. The second-order valence-electron chi connectivity index (χ2n) is 7.02. The Bertz CT molecular complexity index is 1100. The van der Waals surface area contributed by atoms with Gasteiger partial charge in [-0.15, -0.1) is 5.10 Å². The summed E-state index contributed by atoms with van der Waals surface area (Å²) in [6.45, 7) is 2.24. The van der Waals surface area contributed by atoms with Crippen LogP contribution in [0.5, 0.6) is 0 Å². The van der Waals surface area contributed by atoms with Gasteiger partial charge in [0.15, 0.2) is 0 Å². The van der Waals surface area contributed by atoms with Crippen molar-refractivity contribution in [1.82, 2.24) is 25.2 Å². The van der Waals surface area contributed by atoms with Gasteiger partial charge in [-0.05, 0) is 49.2 Å². The predicted molar refractivity (Wildman–Crippen MR) is 114 cm³/mol. The van der Waals surface area contributed by atoms with E-state index in [-0.39, 0.29) is 18.1 Å². The molecule has 1 aromatic heterocycles. The van der Waals surface area contributed by atoms with Gasteiger partial charge < -0.3 is 15.5 Å². The Morgan fingerprint density at radius 3 is 2.70 bits per heavy atom. The van der Waals surface area contributed by atoms with E-state index >= 15 is 0 Å². The van der Waals surface area contributed by atoms with Gasteiger partial charge in [0.2, 0.25) is 0 Å². The van der Waals surface area contributed by atoms with Crippen LogP contribution in [0.3, 0.4) is 0 Å². The molecule has 0 unspecified atom stereocenters. The number of halogens is 2. The molecule has 2 aromatic carbocycles. The molecule has 0 saturated carbocycles. The van der Waals surface area contributed by atoms with Gasteiger partial charge in [-0.3, -0.25) is 4.79 Å². The zero-order valence-corrected chi connectivity index (χ0v) is 17.7. The van der Waals surface area contributed by atoms with Crippen molar-refractivity contribution in [3.05, 3.63) is 52.3 Å². The third-order valence-electron chi connectivity index (χ3n) is 4.94. The molecule has 3 aromatic rings. The Kier molecular flexibility index (Phi) is 5.93. The Morgan fingerprint density at radius 2 is 1.93 bits per heavy atom. The number of likely N-dealkylation sites (tertiary alicyclic amines) is 1. The third-order valence-corrected chi connectivity index (χ3v) is 5.44. The number of amides is 3. The number of nitrogens with one attached hydrogen (secondary N) is 2. The lowest BCUT2D eigenvalue weighted by atomic mass is 10.1. The normalized spacial score (nSPS) is 13.6. The van der Waals surface area contributed by atoms with E-state index in [0.717, 1.165) is 31.4 Å². The largest absolute Gasteiger partial charge is 0.339 e. The second kappa shape index (κ2) is 8.78. The number of aromatic nitrogens is 3. The highest BCUT2D eigenvalue weighted by Crippen LogP contribution is 2.19. The van der Waals surface area contributed by atoms with Crippen LogP contribution in [0.4, 0.5) is 14.9 Å². The Hall–Kier alpha value is -3.01. The lowest BCUT2D eigenvalue weighted by molar-refractivity contribution is 0.0793. The van der Waals surface area contributed by atoms with Crippen LogP contribution in [0, 0.1) is 5.82 Å². The SMILES string of the molecule is O=C(NCCn1nnc2cc(C(=O)N3CCCC3)ccc21)Nc1ccc(Br)cc1F. The van der Waals surface area contributed by atoms with Crippen LogP contribution >= 0.6 is 15.9 Å². The molecule has 0 spiro atoms. The van der Waals surface area contributed by atoms with Crippen molar-refractivity contribution < 1.29 is 14.0 Å². The van der Waals surface area contributed by atoms with Crippen molar-refractivity contribution in [3.8, 4) is 0 Å². The molecule has 1 saturated heterocycles. The predicted octanol–water partition coefficient (Wildman–Crippen LogP) is 3.39. The summed E-state index contributed by atoms with van der Waals surface area (Å²) in [5, 5.41) is 13.4. The first-order chi connectivity index (χ1) is 14.5. The van der Waals surface area contributed by atoms with Gasteiger partial charge >= 0.3 is 6.03 Å². The molecule has 0 aliphatic carbocycles. The maximum Gasteiger partial charge on any atom is 0.319 e. The lowest BCUT2D eigenvalue weighted by Gasteiger charge is -2.14. The molecule has 2 heterocycles. The van der Waals surface area contributed by atoms with Crippen LogP contribution in [0.15, 0.2) is 40.9 Å². The summed E-state index contributed by atoms with van der Waals surface area (Å²) in [6.07, 6.45) is 2.08. The number of anilines is 1. The number of hydrogen-bond donors (Lipinski definition) is 2. The van der Waals surface area contributed by atoms with Gasteiger partial charge in [0, 0.05) is 29.7 Å². The minimum Gasteiger partial charge on any atom is -0.339 e. The fourth-order valence-corrected chi connectivity index (χ4v) is 3.74.